The maximum atomic E-state index is 2.46. The van der Waals surface area contributed by atoms with Gasteiger partial charge in [0.15, 0.2) is 0 Å². The molecule has 0 radical (unpaired) electrons. The lowest BCUT2D eigenvalue weighted by Crippen LogP contribution is -1.84. The highest BCUT2D eigenvalue weighted by Gasteiger charge is 2.03. The molecule has 0 aromatic carbocycles. The number of rotatable bonds is 5. The molecule has 0 aliphatic heterocycles. The van der Waals surface area contributed by atoms with E-state index in [0.717, 1.165) is 0 Å². The predicted molar refractivity (Wildman–Crippen MR) is 77.6 cm³/mol. The van der Waals surface area contributed by atoms with Crippen molar-refractivity contribution in [2.75, 3.05) is 0 Å². The van der Waals surface area contributed by atoms with Crippen LogP contribution in [-0.4, -0.2) is 0 Å². The first-order chi connectivity index (χ1) is 6.24. The molecular formula is C10H14I2S. The van der Waals surface area contributed by atoms with Crippen LogP contribution < -0.4 is 0 Å². The number of thiophene rings is 1. The van der Waals surface area contributed by atoms with Gasteiger partial charge in [-0.05, 0) is 69.7 Å². The fourth-order valence-corrected chi connectivity index (χ4v) is 5.39. The summed E-state index contributed by atoms with van der Waals surface area (Å²) in [6, 6.07) is 2.33. The standard InChI is InChI=1S/C10H14I2S/c1-2-3-4-5-6-8-7-9(11)13-10(8)12/h7H,2-6H2,1H3. The minimum Gasteiger partial charge on any atom is -0.123 e. The van der Waals surface area contributed by atoms with Crippen molar-refractivity contribution in [1.82, 2.24) is 0 Å². The topological polar surface area (TPSA) is 0 Å². The fourth-order valence-electron chi connectivity index (χ4n) is 1.29. The summed E-state index contributed by atoms with van der Waals surface area (Å²) in [7, 11) is 0. The van der Waals surface area contributed by atoms with Crippen LogP contribution in [0.4, 0.5) is 0 Å². The second kappa shape index (κ2) is 6.61. The first kappa shape index (κ1) is 12.2. The van der Waals surface area contributed by atoms with Crippen molar-refractivity contribution < 1.29 is 0 Å². The van der Waals surface area contributed by atoms with E-state index in [2.05, 4.69) is 58.2 Å². The maximum absolute atomic E-state index is 2.46. The first-order valence-electron chi connectivity index (χ1n) is 4.67. The molecule has 13 heavy (non-hydrogen) atoms. The van der Waals surface area contributed by atoms with Crippen LogP contribution in [-0.2, 0) is 6.42 Å². The molecule has 0 fully saturated rings. The van der Waals surface area contributed by atoms with Gasteiger partial charge in [-0.3, -0.25) is 0 Å². The molecule has 0 unspecified atom stereocenters. The molecule has 0 saturated heterocycles. The molecule has 1 aromatic rings. The zero-order valence-corrected chi connectivity index (χ0v) is 12.9. The van der Waals surface area contributed by atoms with Crippen LogP contribution in [0.1, 0.15) is 38.2 Å². The number of hydrogen-bond donors (Lipinski definition) is 0. The number of aryl methyl sites for hydroxylation is 1. The Kier molecular flexibility index (Phi) is 6.22. The summed E-state index contributed by atoms with van der Waals surface area (Å²) in [5.41, 5.74) is 1.56. The van der Waals surface area contributed by atoms with Crippen LogP contribution in [0.5, 0.6) is 0 Å². The van der Waals surface area contributed by atoms with Gasteiger partial charge in [0.2, 0.25) is 0 Å². The van der Waals surface area contributed by atoms with E-state index in [1.807, 2.05) is 11.3 Å². The second-order valence-electron chi connectivity index (χ2n) is 3.16. The molecule has 0 nitrogen and oxygen atoms in total. The molecule has 3 heteroatoms. The first-order valence-corrected chi connectivity index (χ1v) is 7.65. The lowest BCUT2D eigenvalue weighted by molar-refractivity contribution is 0.667. The van der Waals surface area contributed by atoms with E-state index in [0.29, 0.717) is 0 Å². The van der Waals surface area contributed by atoms with E-state index < -0.39 is 0 Å². The van der Waals surface area contributed by atoms with Crippen molar-refractivity contribution >= 4 is 56.5 Å². The van der Waals surface area contributed by atoms with Gasteiger partial charge in [-0.2, -0.15) is 0 Å². The highest BCUT2D eigenvalue weighted by Crippen LogP contribution is 2.26. The second-order valence-corrected chi connectivity index (χ2v) is 7.92. The lowest BCUT2D eigenvalue weighted by atomic mass is 10.1. The summed E-state index contributed by atoms with van der Waals surface area (Å²) in [5, 5.41) is 0. The number of halogens is 2. The molecule has 0 spiro atoms. The Labute approximate surface area is 112 Å². The molecule has 0 atom stereocenters. The van der Waals surface area contributed by atoms with E-state index in [1.54, 1.807) is 5.56 Å². The highest BCUT2D eigenvalue weighted by molar-refractivity contribution is 14.1. The molecule has 0 aliphatic carbocycles. The molecule has 1 rings (SSSR count). The van der Waals surface area contributed by atoms with Crippen molar-refractivity contribution in [3.63, 3.8) is 0 Å². The minimum absolute atomic E-state index is 1.28. The summed E-state index contributed by atoms with van der Waals surface area (Å²) in [5.74, 6) is 0. The third-order valence-corrected chi connectivity index (χ3v) is 5.11. The average Bonchev–Trinajstić information content (AvgIpc) is 2.39. The van der Waals surface area contributed by atoms with Crippen LogP contribution in [0.25, 0.3) is 0 Å². The van der Waals surface area contributed by atoms with Crippen LogP contribution in [0.15, 0.2) is 6.07 Å². The Hall–Kier alpha value is 1.16. The van der Waals surface area contributed by atoms with Crippen molar-refractivity contribution in [3.05, 3.63) is 17.4 Å². The Morgan fingerprint density at radius 1 is 1.23 bits per heavy atom. The van der Waals surface area contributed by atoms with Crippen molar-refractivity contribution in [2.45, 2.75) is 39.0 Å². The fraction of sp³-hybridized carbons (Fsp3) is 0.600. The Balaban J connectivity index is 2.32. The summed E-state index contributed by atoms with van der Waals surface area (Å²) < 4.78 is 2.91. The summed E-state index contributed by atoms with van der Waals surface area (Å²) in [6.07, 6.45) is 6.74. The zero-order valence-electron chi connectivity index (χ0n) is 7.78. The lowest BCUT2D eigenvalue weighted by Gasteiger charge is -1.98. The van der Waals surface area contributed by atoms with Gasteiger partial charge in [0.05, 0.1) is 5.77 Å². The van der Waals surface area contributed by atoms with E-state index in [1.165, 1.54) is 37.9 Å². The van der Waals surface area contributed by atoms with Gasteiger partial charge in [-0.15, -0.1) is 11.3 Å². The van der Waals surface area contributed by atoms with Gasteiger partial charge in [-0.1, -0.05) is 26.2 Å². The Morgan fingerprint density at radius 3 is 2.54 bits per heavy atom. The predicted octanol–water partition coefficient (Wildman–Crippen LogP) is 5.08. The molecule has 1 heterocycles. The van der Waals surface area contributed by atoms with E-state index in [4.69, 9.17) is 0 Å². The van der Waals surface area contributed by atoms with Crippen LogP contribution >= 0.6 is 56.5 Å². The SMILES string of the molecule is CCCCCCc1cc(I)sc1I. The van der Waals surface area contributed by atoms with Gasteiger partial charge in [-0.25, -0.2) is 0 Å². The van der Waals surface area contributed by atoms with Crippen LogP contribution in [0, 0.1) is 5.77 Å². The third kappa shape index (κ3) is 4.46. The molecule has 0 bridgehead atoms. The molecular weight excluding hydrogens is 406 g/mol. The quantitative estimate of drug-likeness (QED) is 0.461. The Morgan fingerprint density at radius 2 is 2.00 bits per heavy atom. The van der Waals surface area contributed by atoms with Crippen molar-refractivity contribution in [3.8, 4) is 0 Å². The molecule has 0 aliphatic rings. The normalized spacial score (nSPS) is 10.7. The van der Waals surface area contributed by atoms with E-state index in [-0.39, 0.29) is 0 Å². The van der Waals surface area contributed by atoms with Gasteiger partial charge >= 0.3 is 0 Å². The summed E-state index contributed by atoms with van der Waals surface area (Å²) in [6.45, 7) is 2.26. The van der Waals surface area contributed by atoms with Crippen molar-refractivity contribution in [2.24, 2.45) is 0 Å². The van der Waals surface area contributed by atoms with E-state index >= 15 is 0 Å². The highest BCUT2D eigenvalue weighted by atomic mass is 127. The van der Waals surface area contributed by atoms with Crippen LogP contribution in [0.2, 0.25) is 0 Å². The number of unbranched alkanes of at least 4 members (excludes halogenated alkanes) is 3. The molecule has 74 valence electrons. The molecule has 0 saturated carbocycles. The van der Waals surface area contributed by atoms with Gasteiger partial charge in [0, 0.05) is 0 Å². The van der Waals surface area contributed by atoms with Crippen LogP contribution in [0.3, 0.4) is 0 Å². The van der Waals surface area contributed by atoms with Gasteiger partial charge < -0.3 is 0 Å². The summed E-state index contributed by atoms with van der Waals surface area (Å²) >= 11 is 6.77. The van der Waals surface area contributed by atoms with Gasteiger partial charge in [0.25, 0.3) is 0 Å². The molecule has 0 N–H and O–H groups in total. The van der Waals surface area contributed by atoms with Gasteiger partial charge in [0.1, 0.15) is 0 Å². The summed E-state index contributed by atoms with van der Waals surface area (Å²) in [4.78, 5) is 0. The van der Waals surface area contributed by atoms with Crippen molar-refractivity contribution in [1.29, 1.82) is 0 Å². The molecule has 0 amide bonds. The number of hydrogen-bond acceptors (Lipinski definition) is 1. The zero-order chi connectivity index (χ0) is 9.68. The third-order valence-electron chi connectivity index (χ3n) is 2.03. The Bertz CT molecular complexity index is 255. The largest absolute Gasteiger partial charge is 0.123 e. The molecule has 1 aromatic heterocycles. The van der Waals surface area contributed by atoms with E-state index in [9.17, 15) is 0 Å². The minimum atomic E-state index is 1.28. The average molecular weight is 420 g/mol. The maximum Gasteiger partial charge on any atom is 0.0696 e. The monoisotopic (exact) mass is 420 g/mol. The smallest absolute Gasteiger partial charge is 0.0696 e.